The number of hydrogen-bond acceptors (Lipinski definition) is 5. The molecular weight excluding hydrogens is 286 g/mol. The van der Waals surface area contributed by atoms with Crippen LogP contribution in [0.1, 0.15) is 30.3 Å². The van der Waals surface area contributed by atoms with Crippen LogP contribution in [0.25, 0.3) is 0 Å². The zero-order chi connectivity index (χ0) is 16.1. The van der Waals surface area contributed by atoms with Crippen LogP contribution >= 0.6 is 0 Å². The van der Waals surface area contributed by atoms with Gasteiger partial charge in [-0.1, -0.05) is 0 Å². The van der Waals surface area contributed by atoms with Crippen LogP contribution in [0.15, 0.2) is 12.1 Å². The predicted molar refractivity (Wildman–Crippen MR) is 80.7 cm³/mol. The number of carbonyl (C=O) groups excluding carboxylic acids is 1. The summed E-state index contributed by atoms with van der Waals surface area (Å²) in [4.78, 5) is 28.7. The second kappa shape index (κ2) is 7.22. The largest absolute Gasteiger partial charge is 0.481 e. The first-order valence-corrected chi connectivity index (χ1v) is 7.27. The third kappa shape index (κ3) is 4.17. The van der Waals surface area contributed by atoms with Crippen LogP contribution in [0.3, 0.4) is 0 Å². The first-order chi connectivity index (χ1) is 10.5. The van der Waals surface area contributed by atoms with Crippen LogP contribution in [-0.4, -0.2) is 53.6 Å². The van der Waals surface area contributed by atoms with Gasteiger partial charge in [0.25, 0.3) is 0 Å². The molecule has 120 valence electrons. The normalized spacial score (nSPS) is 18.1. The molecule has 0 radical (unpaired) electrons. The van der Waals surface area contributed by atoms with Gasteiger partial charge in [0, 0.05) is 31.4 Å². The number of aliphatic carboxylic acids is 1. The Morgan fingerprint density at radius 1 is 1.45 bits per heavy atom. The van der Waals surface area contributed by atoms with Crippen molar-refractivity contribution in [2.45, 2.75) is 25.9 Å². The van der Waals surface area contributed by atoms with Gasteiger partial charge < -0.3 is 20.1 Å². The molecule has 0 aromatic carbocycles. The minimum absolute atomic E-state index is 0.0189. The number of amides is 1. The summed E-state index contributed by atoms with van der Waals surface area (Å²) in [7, 11) is 1.84. The molecule has 0 spiro atoms. The van der Waals surface area contributed by atoms with E-state index >= 15 is 0 Å². The maximum Gasteiger partial charge on any atom is 0.303 e. The molecule has 0 bridgehead atoms. The second-order valence-corrected chi connectivity index (χ2v) is 5.26. The van der Waals surface area contributed by atoms with E-state index in [-0.39, 0.29) is 24.9 Å². The fourth-order valence-corrected chi connectivity index (χ4v) is 2.43. The third-order valence-corrected chi connectivity index (χ3v) is 3.56. The van der Waals surface area contributed by atoms with Crippen molar-refractivity contribution in [1.29, 1.82) is 0 Å². The van der Waals surface area contributed by atoms with Crippen molar-refractivity contribution >= 4 is 17.6 Å². The van der Waals surface area contributed by atoms with Crippen LogP contribution in [0.5, 0.6) is 0 Å². The van der Waals surface area contributed by atoms with Crippen molar-refractivity contribution < 1.29 is 19.4 Å². The Bertz CT molecular complexity index is 562. The maximum atomic E-state index is 12.0. The number of rotatable bonds is 5. The lowest BCUT2D eigenvalue weighted by Gasteiger charge is -2.33. The summed E-state index contributed by atoms with van der Waals surface area (Å²) in [6.07, 6.45) is -0.409. The number of hydrogen-bond donors (Lipinski definition) is 2. The van der Waals surface area contributed by atoms with Crippen molar-refractivity contribution in [3.63, 3.8) is 0 Å². The SMILES string of the molecule is CNc1cc(C)nc([C@H]2CN(C(=O)CCC(=O)O)CCO2)c1. The van der Waals surface area contributed by atoms with Gasteiger partial charge in [-0.05, 0) is 19.1 Å². The van der Waals surface area contributed by atoms with Crippen molar-refractivity contribution in [2.24, 2.45) is 0 Å². The predicted octanol–water partition coefficient (Wildman–Crippen LogP) is 1.20. The molecule has 1 aromatic rings. The third-order valence-electron chi connectivity index (χ3n) is 3.56. The minimum atomic E-state index is -0.961. The molecule has 7 heteroatoms. The second-order valence-electron chi connectivity index (χ2n) is 5.26. The number of carbonyl (C=O) groups is 2. The Balaban J connectivity index is 2.05. The Labute approximate surface area is 129 Å². The first kappa shape index (κ1) is 16.2. The number of ether oxygens (including phenoxy) is 1. The molecule has 2 N–H and O–H groups in total. The zero-order valence-corrected chi connectivity index (χ0v) is 12.8. The lowest BCUT2D eigenvalue weighted by Crippen LogP contribution is -2.42. The quantitative estimate of drug-likeness (QED) is 0.849. The summed E-state index contributed by atoms with van der Waals surface area (Å²) in [5.41, 5.74) is 2.60. The molecule has 2 rings (SSSR count). The zero-order valence-electron chi connectivity index (χ0n) is 12.8. The molecule has 1 fully saturated rings. The Kier molecular flexibility index (Phi) is 5.32. The average Bonchev–Trinajstić information content (AvgIpc) is 2.52. The topological polar surface area (TPSA) is 91.8 Å². The highest BCUT2D eigenvalue weighted by atomic mass is 16.5. The van der Waals surface area contributed by atoms with Gasteiger partial charge in [0.1, 0.15) is 6.10 Å². The van der Waals surface area contributed by atoms with Gasteiger partial charge in [-0.3, -0.25) is 14.6 Å². The number of aromatic nitrogens is 1. The summed E-state index contributed by atoms with van der Waals surface area (Å²) in [6, 6.07) is 3.84. The van der Waals surface area contributed by atoms with Gasteiger partial charge in [0.2, 0.25) is 5.91 Å². The van der Waals surface area contributed by atoms with Gasteiger partial charge >= 0.3 is 5.97 Å². The van der Waals surface area contributed by atoms with Gasteiger partial charge in [-0.2, -0.15) is 0 Å². The number of carboxylic acids is 1. The highest BCUT2D eigenvalue weighted by molar-refractivity contribution is 5.80. The summed E-state index contributed by atoms with van der Waals surface area (Å²) in [5, 5.41) is 11.7. The maximum absolute atomic E-state index is 12.0. The molecule has 1 aliphatic heterocycles. The molecular formula is C15H21N3O4. The highest BCUT2D eigenvalue weighted by Crippen LogP contribution is 2.24. The molecule has 2 heterocycles. The molecule has 1 atom stereocenters. The Morgan fingerprint density at radius 2 is 2.23 bits per heavy atom. The van der Waals surface area contributed by atoms with Gasteiger partial charge in [0.15, 0.2) is 0 Å². The number of anilines is 1. The summed E-state index contributed by atoms with van der Waals surface area (Å²) in [5.74, 6) is -1.12. The molecule has 0 unspecified atom stereocenters. The van der Waals surface area contributed by atoms with E-state index < -0.39 is 5.97 Å². The van der Waals surface area contributed by atoms with E-state index in [0.717, 1.165) is 17.1 Å². The van der Waals surface area contributed by atoms with Crippen LogP contribution in [0.2, 0.25) is 0 Å². The molecule has 22 heavy (non-hydrogen) atoms. The first-order valence-electron chi connectivity index (χ1n) is 7.27. The average molecular weight is 307 g/mol. The summed E-state index contributed by atoms with van der Waals surface area (Å²) >= 11 is 0. The van der Waals surface area contributed by atoms with E-state index in [9.17, 15) is 9.59 Å². The Morgan fingerprint density at radius 3 is 2.91 bits per heavy atom. The summed E-state index contributed by atoms with van der Waals surface area (Å²) < 4.78 is 5.72. The van der Waals surface area contributed by atoms with Crippen molar-refractivity contribution in [2.75, 3.05) is 32.1 Å². The molecule has 7 nitrogen and oxygen atoms in total. The number of carboxylic acid groups (broad SMARTS) is 1. The molecule has 1 aliphatic rings. The number of nitrogens with zero attached hydrogens (tertiary/aromatic N) is 2. The van der Waals surface area contributed by atoms with Crippen molar-refractivity contribution in [1.82, 2.24) is 9.88 Å². The van der Waals surface area contributed by atoms with Crippen molar-refractivity contribution in [3.8, 4) is 0 Å². The molecule has 1 aromatic heterocycles. The van der Waals surface area contributed by atoms with Crippen LogP contribution in [-0.2, 0) is 14.3 Å². The fourth-order valence-electron chi connectivity index (χ4n) is 2.43. The number of aryl methyl sites for hydroxylation is 1. The van der Waals surface area contributed by atoms with E-state index in [0.29, 0.717) is 19.7 Å². The van der Waals surface area contributed by atoms with Crippen LogP contribution in [0.4, 0.5) is 5.69 Å². The van der Waals surface area contributed by atoms with E-state index in [1.165, 1.54) is 0 Å². The Hall–Kier alpha value is -2.15. The standard InChI is InChI=1S/C15H21N3O4/c1-10-7-11(16-2)8-12(17-10)13-9-18(5-6-22-13)14(19)3-4-15(20)21/h7-8,13H,3-6,9H2,1-2H3,(H,16,17)(H,20,21)/t13-/m1/s1. The minimum Gasteiger partial charge on any atom is -0.481 e. The van der Waals surface area contributed by atoms with Gasteiger partial charge in [0.05, 0.1) is 25.3 Å². The lowest BCUT2D eigenvalue weighted by atomic mass is 10.1. The van der Waals surface area contributed by atoms with E-state index in [2.05, 4.69) is 10.3 Å². The van der Waals surface area contributed by atoms with E-state index in [1.54, 1.807) is 4.90 Å². The smallest absolute Gasteiger partial charge is 0.303 e. The molecule has 1 saturated heterocycles. The molecule has 0 aliphatic carbocycles. The summed E-state index contributed by atoms with van der Waals surface area (Å²) in [6.45, 7) is 3.22. The lowest BCUT2D eigenvalue weighted by molar-refractivity contribution is -0.144. The van der Waals surface area contributed by atoms with E-state index in [1.807, 2.05) is 26.1 Å². The van der Waals surface area contributed by atoms with Crippen LogP contribution in [0, 0.1) is 6.92 Å². The monoisotopic (exact) mass is 307 g/mol. The number of morpholine rings is 1. The van der Waals surface area contributed by atoms with Crippen molar-refractivity contribution in [3.05, 3.63) is 23.5 Å². The van der Waals surface area contributed by atoms with Gasteiger partial charge in [-0.15, -0.1) is 0 Å². The fraction of sp³-hybridized carbons (Fsp3) is 0.533. The molecule has 1 amide bonds. The molecule has 0 saturated carbocycles. The number of nitrogens with one attached hydrogen (secondary N) is 1. The highest BCUT2D eigenvalue weighted by Gasteiger charge is 2.26. The van der Waals surface area contributed by atoms with Crippen LogP contribution < -0.4 is 5.32 Å². The van der Waals surface area contributed by atoms with Gasteiger partial charge in [-0.25, -0.2) is 0 Å². The van der Waals surface area contributed by atoms with E-state index in [4.69, 9.17) is 9.84 Å². The number of pyridine rings is 1.